The normalized spacial score (nSPS) is 11.4. The number of hydrogen-bond acceptors (Lipinski definition) is 5. The molecule has 0 saturated carbocycles. The minimum Gasteiger partial charge on any atom is -0.438 e. The summed E-state index contributed by atoms with van der Waals surface area (Å²) in [6.07, 6.45) is 1.32. The number of hydrogen-bond donors (Lipinski definition) is 1. The van der Waals surface area contributed by atoms with E-state index in [2.05, 4.69) is 15.1 Å². The Morgan fingerprint density at radius 2 is 1.95 bits per heavy atom. The van der Waals surface area contributed by atoms with Crippen molar-refractivity contribution < 1.29 is 9.94 Å². The van der Waals surface area contributed by atoms with E-state index in [9.17, 15) is 0 Å². The van der Waals surface area contributed by atoms with Crippen LogP contribution in [0.1, 0.15) is 36.5 Å². The third kappa shape index (κ3) is 3.87. The second-order valence-corrected chi connectivity index (χ2v) is 5.78. The van der Waals surface area contributed by atoms with Gasteiger partial charge in [-0.05, 0) is 42.1 Å². The van der Waals surface area contributed by atoms with E-state index in [1.54, 1.807) is 6.07 Å². The van der Waals surface area contributed by atoms with E-state index < -0.39 is 0 Å². The summed E-state index contributed by atoms with van der Waals surface area (Å²) in [5, 5.41) is 12.0. The minimum atomic E-state index is 0.0224. The molecule has 5 nitrogen and oxygen atoms in total. The van der Waals surface area contributed by atoms with Crippen molar-refractivity contribution in [2.75, 3.05) is 0 Å². The summed E-state index contributed by atoms with van der Waals surface area (Å²) in [6, 6.07) is 5.42. The van der Waals surface area contributed by atoms with Crippen LogP contribution in [-0.4, -0.2) is 21.4 Å². The molecule has 1 N–H and O–H groups in total. The first-order valence-corrected chi connectivity index (χ1v) is 7.36. The molecule has 22 heavy (non-hydrogen) atoms. The first-order valence-electron chi connectivity index (χ1n) is 6.60. The van der Waals surface area contributed by atoms with Crippen LogP contribution >= 0.6 is 23.2 Å². The summed E-state index contributed by atoms with van der Waals surface area (Å²) >= 11 is 12.0. The zero-order chi connectivity index (χ0) is 16.3. The van der Waals surface area contributed by atoms with E-state index in [1.165, 1.54) is 6.21 Å². The van der Waals surface area contributed by atoms with Gasteiger partial charge in [0.05, 0.1) is 11.8 Å². The number of aryl methyl sites for hydroxylation is 1. The number of ether oxygens (including phenoxy) is 1. The molecule has 0 unspecified atom stereocenters. The highest BCUT2D eigenvalue weighted by Gasteiger charge is 2.18. The summed E-state index contributed by atoms with van der Waals surface area (Å²) in [7, 11) is 0. The Kier molecular flexibility index (Phi) is 5.21. The molecule has 7 heteroatoms. The van der Waals surface area contributed by atoms with Crippen LogP contribution in [-0.2, 0) is 0 Å². The fourth-order valence-electron chi connectivity index (χ4n) is 2.05. The van der Waals surface area contributed by atoms with Crippen LogP contribution < -0.4 is 4.74 Å². The van der Waals surface area contributed by atoms with Gasteiger partial charge in [-0.3, -0.25) is 0 Å². The number of aromatic nitrogens is 2. The van der Waals surface area contributed by atoms with Crippen molar-refractivity contribution in [3.63, 3.8) is 0 Å². The van der Waals surface area contributed by atoms with Crippen molar-refractivity contribution in [3.8, 4) is 11.6 Å². The molecule has 0 fully saturated rings. The van der Waals surface area contributed by atoms with Gasteiger partial charge in [-0.15, -0.1) is 0 Å². The third-order valence-corrected chi connectivity index (χ3v) is 3.37. The molecular formula is C15H15Cl2N3O2. The molecule has 1 aromatic heterocycles. The first kappa shape index (κ1) is 16.5. The van der Waals surface area contributed by atoms with E-state index in [0.29, 0.717) is 22.8 Å². The fourth-order valence-corrected chi connectivity index (χ4v) is 2.63. The summed E-state index contributed by atoms with van der Waals surface area (Å²) < 4.78 is 5.84. The molecule has 1 aromatic carbocycles. The molecule has 2 aromatic rings. The second-order valence-electron chi connectivity index (χ2n) is 5.08. The SMILES string of the molecule is Cc1cc(/C=N/O)cc(Oc2nc(Cl)nc(Cl)c2C(C)C)c1. The maximum absolute atomic E-state index is 8.65. The molecule has 0 spiro atoms. The highest BCUT2D eigenvalue weighted by Crippen LogP contribution is 2.34. The van der Waals surface area contributed by atoms with Crippen molar-refractivity contribution in [2.45, 2.75) is 26.7 Å². The summed E-state index contributed by atoms with van der Waals surface area (Å²) in [5.74, 6) is 0.933. The molecule has 0 aliphatic carbocycles. The van der Waals surface area contributed by atoms with Gasteiger partial charge in [-0.2, -0.15) is 4.98 Å². The van der Waals surface area contributed by atoms with Crippen LogP contribution in [0, 0.1) is 6.92 Å². The van der Waals surface area contributed by atoms with Gasteiger partial charge >= 0.3 is 0 Å². The first-order chi connectivity index (χ1) is 10.4. The lowest BCUT2D eigenvalue weighted by Crippen LogP contribution is -2.01. The number of benzene rings is 1. The topological polar surface area (TPSA) is 67.6 Å². The van der Waals surface area contributed by atoms with Crippen LogP contribution in [0.2, 0.25) is 10.4 Å². The molecule has 1 heterocycles. The smallest absolute Gasteiger partial charge is 0.228 e. The van der Waals surface area contributed by atoms with Gasteiger partial charge in [0, 0.05) is 5.56 Å². The average Bonchev–Trinajstić information content (AvgIpc) is 2.36. The predicted octanol–water partition coefficient (Wildman–Crippen LogP) is 4.82. The Morgan fingerprint density at radius 3 is 2.59 bits per heavy atom. The Hall–Kier alpha value is -1.85. The molecule has 0 saturated heterocycles. The molecule has 0 bridgehead atoms. The van der Waals surface area contributed by atoms with Crippen molar-refractivity contribution >= 4 is 29.4 Å². The molecule has 116 valence electrons. The maximum Gasteiger partial charge on any atom is 0.228 e. The summed E-state index contributed by atoms with van der Waals surface area (Å²) in [5.41, 5.74) is 2.34. The van der Waals surface area contributed by atoms with Crippen LogP contribution in [0.4, 0.5) is 0 Å². The van der Waals surface area contributed by atoms with Crippen LogP contribution in [0.25, 0.3) is 0 Å². The second kappa shape index (κ2) is 6.94. The molecule has 0 aliphatic rings. The molecule has 0 atom stereocenters. The van der Waals surface area contributed by atoms with E-state index in [-0.39, 0.29) is 16.4 Å². The maximum atomic E-state index is 8.65. The lowest BCUT2D eigenvalue weighted by atomic mass is 10.1. The quantitative estimate of drug-likeness (QED) is 0.285. The van der Waals surface area contributed by atoms with Gasteiger partial charge in [0.25, 0.3) is 0 Å². The standard InChI is InChI=1S/C15H15Cl2N3O2/c1-8(2)12-13(16)19-15(17)20-14(12)22-11-5-9(3)4-10(6-11)7-18-21/h4-8,21H,1-3H3/b18-7+. The Balaban J connectivity index is 2.47. The zero-order valence-corrected chi connectivity index (χ0v) is 13.9. The molecule has 0 radical (unpaired) electrons. The predicted molar refractivity (Wildman–Crippen MR) is 86.8 cm³/mol. The minimum absolute atomic E-state index is 0.0224. The third-order valence-electron chi connectivity index (χ3n) is 2.91. The number of oxime groups is 1. The summed E-state index contributed by atoms with van der Waals surface area (Å²) in [6.45, 7) is 5.84. The van der Waals surface area contributed by atoms with E-state index in [4.69, 9.17) is 33.1 Å². The molecule has 0 aliphatic heterocycles. The van der Waals surface area contributed by atoms with Gasteiger partial charge in [0.2, 0.25) is 11.2 Å². The van der Waals surface area contributed by atoms with E-state index in [1.807, 2.05) is 32.9 Å². The number of nitrogens with zero attached hydrogens (tertiary/aromatic N) is 3. The zero-order valence-electron chi connectivity index (χ0n) is 12.3. The van der Waals surface area contributed by atoms with Crippen molar-refractivity contribution in [3.05, 3.63) is 45.3 Å². The van der Waals surface area contributed by atoms with E-state index in [0.717, 1.165) is 5.56 Å². The van der Waals surface area contributed by atoms with Gasteiger partial charge in [-0.25, -0.2) is 4.98 Å². The lowest BCUT2D eigenvalue weighted by Gasteiger charge is -2.14. The average molecular weight is 340 g/mol. The molecule has 2 rings (SSSR count). The van der Waals surface area contributed by atoms with Crippen molar-refractivity contribution in [1.29, 1.82) is 0 Å². The molecule has 0 amide bonds. The van der Waals surface area contributed by atoms with Crippen LogP contribution in [0.15, 0.2) is 23.4 Å². The van der Waals surface area contributed by atoms with Gasteiger partial charge in [-0.1, -0.05) is 36.7 Å². The highest BCUT2D eigenvalue weighted by atomic mass is 35.5. The fraction of sp³-hybridized carbons (Fsp3) is 0.267. The lowest BCUT2D eigenvalue weighted by molar-refractivity contribution is 0.322. The Labute approximate surface area is 138 Å². The highest BCUT2D eigenvalue weighted by molar-refractivity contribution is 6.32. The largest absolute Gasteiger partial charge is 0.438 e. The number of halogens is 2. The van der Waals surface area contributed by atoms with Gasteiger partial charge in [0.1, 0.15) is 10.9 Å². The van der Waals surface area contributed by atoms with Gasteiger partial charge < -0.3 is 9.94 Å². The van der Waals surface area contributed by atoms with Crippen molar-refractivity contribution in [2.24, 2.45) is 5.16 Å². The van der Waals surface area contributed by atoms with Gasteiger partial charge in [0.15, 0.2) is 0 Å². The monoisotopic (exact) mass is 339 g/mol. The van der Waals surface area contributed by atoms with Crippen molar-refractivity contribution in [1.82, 2.24) is 9.97 Å². The van der Waals surface area contributed by atoms with Crippen LogP contribution in [0.3, 0.4) is 0 Å². The Bertz CT molecular complexity index is 718. The molecular weight excluding hydrogens is 325 g/mol. The Morgan fingerprint density at radius 1 is 1.23 bits per heavy atom. The number of rotatable bonds is 4. The summed E-state index contributed by atoms with van der Waals surface area (Å²) in [4.78, 5) is 8.07. The van der Waals surface area contributed by atoms with E-state index >= 15 is 0 Å². The van der Waals surface area contributed by atoms with Crippen LogP contribution in [0.5, 0.6) is 11.6 Å².